The predicted octanol–water partition coefficient (Wildman–Crippen LogP) is 1.98. The summed E-state index contributed by atoms with van der Waals surface area (Å²) in [6, 6.07) is 6.70. The van der Waals surface area contributed by atoms with Gasteiger partial charge in [0, 0.05) is 12.6 Å². The Balaban J connectivity index is 2.38. The Morgan fingerprint density at radius 1 is 1.35 bits per heavy atom. The molecule has 0 aliphatic rings. The van der Waals surface area contributed by atoms with E-state index in [4.69, 9.17) is 16.3 Å². The largest absolute Gasteiger partial charge is 0.497 e. The molecule has 1 heterocycles. The van der Waals surface area contributed by atoms with E-state index in [1.165, 1.54) is 13.2 Å². The van der Waals surface area contributed by atoms with Gasteiger partial charge in [-0.2, -0.15) is 13.5 Å². The second-order valence-electron chi connectivity index (χ2n) is 4.03. The molecular formula is C12H14ClN3O3S. The number of aromatic amines is 1. The first kappa shape index (κ1) is 14.7. The molecule has 1 N–H and O–H groups in total. The van der Waals surface area contributed by atoms with Crippen LogP contribution in [0.4, 0.5) is 5.69 Å². The van der Waals surface area contributed by atoms with Crippen LogP contribution in [0, 0.1) is 0 Å². The average molecular weight is 316 g/mol. The fraction of sp³-hybridized carbons (Fsp3) is 0.250. The predicted molar refractivity (Wildman–Crippen MR) is 76.7 cm³/mol. The number of hydrogen-bond acceptors (Lipinski definition) is 4. The number of halogens is 1. The van der Waals surface area contributed by atoms with Crippen molar-refractivity contribution in [1.29, 1.82) is 0 Å². The summed E-state index contributed by atoms with van der Waals surface area (Å²) in [5, 5.41) is 6.21. The number of ether oxygens (including phenoxy) is 1. The van der Waals surface area contributed by atoms with Crippen LogP contribution < -0.4 is 9.04 Å². The van der Waals surface area contributed by atoms with Crippen LogP contribution in [0.25, 0.3) is 0 Å². The summed E-state index contributed by atoms with van der Waals surface area (Å²) in [4.78, 5) is 0. The van der Waals surface area contributed by atoms with Crippen LogP contribution in [0.1, 0.15) is 5.56 Å². The average Bonchev–Trinajstić information content (AvgIpc) is 2.95. The van der Waals surface area contributed by atoms with Gasteiger partial charge in [0.1, 0.15) is 5.75 Å². The van der Waals surface area contributed by atoms with Gasteiger partial charge < -0.3 is 4.74 Å². The monoisotopic (exact) mass is 315 g/mol. The van der Waals surface area contributed by atoms with Crippen LogP contribution in [-0.2, 0) is 15.9 Å². The minimum Gasteiger partial charge on any atom is -0.497 e. The van der Waals surface area contributed by atoms with Crippen molar-refractivity contribution in [3.8, 4) is 5.75 Å². The van der Waals surface area contributed by atoms with E-state index >= 15 is 0 Å². The van der Waals surface area contributed by atoms with Gasteiger partial charge in [-0.25, -0.2) is 0 Å². The molecule has 0 aliphatic carbocycles. The van der Waals surface area contributed by atoms with Crippen LogP contribution in [0.3, 0.4) is 0 Å². The molecule has 108 valence electrons. The SMILES string of the molecule is COc1ccc(N(C)S(=O)(=O)c2[nH]ncc2CCl)cc1. The molecule has 0 unspecified atom stereocenters. The van der Waals surface area contributed by atoms with Crippen LogP contribution in [0.5, 0.6) is 5.75 Å². The van der Waals surface area contributed by atoms with Crippen LogP contribution in [-0.4, -0.2) is 32.8 Å². The number of nitrogens with zero attached hydrogens (tertiary/aromatic N) is 2. The maximum atomic E-state index is 12.5. The minimum atomic E-state index is -3.72. The van der Waals surface area contributed by atoms with E-state index in [-0.39, 0.29) is 10.9 Å². The fourth-order valence-electron chi connectivity index (χ4n) is 1.69. The number of hydrogen-bond donors (Lipinski definition) is 1. The van der Waals surface area contributed by atoms with Crippen molar-refractivity contribution in [1.82, 2.24) is 10.2 Å². The first-order valence-electron chi connectivity index (χ1n) is 5.72. The Labute approximate surface area is 122 Å². The van der Waals surface area contributed by atoms with Crippen molar-refractivity contribution in [2.45, 2.75) is 10.9 Å². The molecule has 0 radical (unpaired) electrons. The first-order chi connectivity index (χ1) is 9.50. The van der Waals surface area contributed by atoms with E-state index in [0.29, 0.717) is 17.0 Å². The highest BCUT2D eigenvalue weighted by molar-refractivity contribution is 7.92. The van der Waals surface area contributed by atoms with Gasteiger partial charge in [-0.05, 0) is 24.3 Å². The summed E-state index contributed by atoms with van der Waals surface area (Å²) in [6.45, 7) is 0. The molecule has 0 saturated heterocycles. The summed E-state index contributed by atoms with van der Waals surface area (Å²) in [6.07, 6.45) is 1.40. The normalized spacial score (nSPS) is 11.3. The van der Waals surface area contributed by atoms with Gasteiger partial charge >= 0.3 is 0 Å². The number of H-pyrrole nitrogens is 1. The zero-order valence-corrected chi connectivity index (χ0v) is 12.6. The second kappa shape index (κ2) is 5.72. The number of sulfonamides is 1. The van der Waals surface area contributed by atoms with Crippen molar-refractivity contribution in [2.75, 3.05) is 18.5 Å². The molecule has 0 bridgehead atoms. The minimum absolute atomic E-state index is 0.00539. The van der Waals surface area contributed by atoms with E-state index in [2.05, 4.69) is 10.2 Å². The molecular weight excluding hydrogens is 302 g/mol. The Kier molecular flexibility index (Phi) is 4.20. The Bertz CT molecular complexity index is 682. The number of rotatable bonds is 5. The van der Waals surface area contributed by atoms with Crippen molar-refractivity contribution < 1.29 is 13.2 Å². The molecule has 0 saturated carbocycles. The fourth-order valence-corrected chi connectivity index (χ4v) is 3.26. The third-order valence-corrected chi connectivity index (χ3v) is 4.97. The van der Waals surface area contributed by atoms with Gasteiger partial charge in [0.2, 0.25) is 0 Å². The number of benzene rings is 1. The number of nitrogens with one attached hydrogen (secondary N) is 1. The summed E-state index contributed by atoms with van der Waals surface area (Å²) in [5.74, 6) is 0.726. The molecule has 2 rings (SSSR count). The van der Waals surface area contributed by atoms with Crippen molar-refractivity contribution in [3.63, 3.8) is 0 Å². The van der Waals surface area contributed by atoms with Crippen molar-refractivity contribution in [3.05, 3.63) is 36.0 Å². The Hall–Kier alpha value is -1.73. The maximum Gasteiger partial charge on any atom is 0.281 e. The number of anilines is 1. The zero-order valence-electron chi connectivity index (χ0n) is 11.0. The lowest BCUT2D eigenvalue weighted by Gasteiger charge is -2.19. The lowest BCUT2D eigenvalue weighted by molar-refractivity contribution is 0.415. The highest BCUT2D eigenvalue weighted by atomic mass is 35.5. The quantitative estimate of drug-likeness (QED) is 0.856. The number of methoxy groups -OCH3 is 1. The highest BCUT2D eigenvalue weighted by Gasteiger charge is 2.26. The standard InChI is InChI=1S/C12H14ClN3O3S/c1-16(10-3-5-11(19-2)6-4-10)20(17,18)12-9(7-13)8-14-15-12/h3-6,8H,7H2,1-2H3,(H,14,15). The molecule has 0 aliphatic heterocycles. The number of aromatic nitrogens is 2. The van der Waals surface area contributed by atoms with E-state index in [9.17, 15) is 8.42 Å². The zero-order chi connectivity index (χ0) is 14.8. The summed E-state index contributed by atoms with van der Waals surface area (Å²) in [5.41, 5.74) is 0.952. The van der Waals surface area contributed by atoms with Crippen molar-refractivity contribution in [2.24, 2.45) is 0 Å². The molecule has 6 nitrogen and oxygen atoms in total. The Morgan fingerprint density at radius 2 is 2.00 bits per heavy atom. The smallest absolute Gasteiger partial charge is 0.281 e. The first-order valence-corrected chi connectivity index (χ1v) is 7.69. The Morgan fingerprint density at radius 3 is 2.55 bits per heavy atom. The maximum absolute atomic E-state index is 12.5. The van der Waals surface area contributed by atoms with E-state index in [1.807, 2.05) is 0 Å². The topological polar surface area (TPSA) is 75.3 Å². The number of alkyl halides is 1. The lowest BCUT2D eigenvalue weighted by Crippen LogP contribution is -2.27. The third kappa shape index (κ3) is 2.59. The summed E-state index contributed by atoms with van der Waals surface area (Å²) >= 11 is 5.71. The molecule has 0 atom stereocenters. The van der Waals surface area contributed by atoms with Crippen LogP contribution >= 0.6 is 11.6 Å². The van der Waals surface area contributed by atoms with Crippen LogP contribution in [0.2, 0.25) is 0 Å². The summed E-state index contributed by atoms with van der Waals surface area (Å²) in [7, 11) is -0.704. The molecule has 1 aromatic carbocycles. The molecule has 0 spiro atoms. The van der Waals surface area contributed by atoms with Gasteiger partial charge in [0.05, 0.1) is 24.9 Å². The second-order valence-corrected chi connectivity index (χ2v) is 6.20. The van der Waals surface area contributed by atoms with E-state index < -0.39 is 10.0 Å². The van der Waals surface area contributed by atoms with Crippen LogP contribution in [0.15, 0.2) is 35.5 Å². The molecule has 0 amide bonds. The lowest BCUT2D eigenvalue weighted by atomic mass is 10.3. The van der Waals surface area contributed by atoms with Gasteiger partial charge in [0.25, 0.3) is 10.0 Å². The third-order valence-electron chi connectivity index (χ3n) is 2.88. The molecule has 8 heteroatoms. The molecule has 2 aromatic rings. The van der Waals surface area contributed by atoms with Gasteiger partial charge in [-0.3, -0.25) is 9.40 Å². The summed E-state index contributed by atoms with van der Waals surface area (Å²) < 4.78 is 31.2. The molecule has 1 aromatic heterocycles. The van der Waals surface area contributed by atoms with Gasteiger partial charge in [-0.15, -0.1) is 11.6 Å². The van der Waals surface area contributed by atoms with Gasteiger partial charge in [0.15, 0.2) is 5.03 Å². The molecule has 0 fully saturated rings. The molecule has 20 heavy (non-hydrogen) atoms. The van der Waals surface area contributed by atoms with Gasteiger partial charge in [-0.1, -0.05) is 0 Å². The highest BCUT2D eigenvalue weighted by Crippen LogP contribution is 2.25. The van der Waals surface area contributed by atoms with E-state index in [0.717, 1.165) is 4.31 Å². The van der Waals surface area contributed by atoms with E-state index in [1.54, 1.807) is 31.4 Å². The van der Waals surface area contributed by atoms with Crippen molar-refractivity contribution >= 4 is 27.3 Å².